The summed E-state index contributed by atoms with van der Waals surface area (Å²) in [6, 6.07) is 13.8. The van der Waals surface area contributed by atoms with Crippen LogP contribution in [0.1, 0.15) is 21.7 Å². The van der Waals surface area contributed by atoms with E-state index in [0.717, 1.165) is 26.2 Å². The standard InChI is InChI=1S/C19H18BrN3O2S/c1-12-5-3-8-16(13(12)2)25-11-17(24)21-19-23-22-18(26-19)10-14-6-4-7-15(20)9-14/h3-9H,10-11H2,1-2H3,(H,21,23,24). The van der Waals surface area contributed by atoms with E-state index in [-0.39, 0.29) is 12.5 Å². The Labute approximate surface area is 164 Å². The van der Waals surface area contributed by atoms with Crippen LogP contribution in [0.15, 0.2) is 46.9 Å². The summed E-state index contributed by atoms with van der Waals surface area (Å²) in [5.74, 6) is 0.462. The van der Waals surface area contributed by atoms with Gasteiger partial charge >= 0.3 is 0 Å². The van der Waals surface area contributed by atoms with E-state index >= 15 is 0 Å². The molecule has 0 unspecified atom stereocenters. The zero-order valence-corrected chi connectivity index (χ0v) is 16.9. The van der Waals surface area contributed by atoms with Crippen LogP contribution in [-0.2, 0) is 11.2 Å². The lowest BCUT2D eigenvalue weighted by atomic mass is 10.1. The van der Waals surface area contributed by atoms with E-state index in [0.29, 0.717) is 17.3 Å². The summed E-state index contributed by atoms with van der Waals surface area (Å²) in [5, 5.41) is 12.2. The Kier molecular flexibility index (Phi) is 6.00. The average Bonchev–Trinajstić information content (AvgIpc) is 3.03. The molecule has 0 saturated carbocycles. The van der Waals surface area contributed by atoms with Crippen molar-refractivity contribution in [2.75, 3.05) is 11.9 Å². The molecule has 26 heavy (non-hydrogen) atoms. The summed E-state index contributed by atoms with van der Waals surface area (Å²) in [6.45, 7) is 3.92. The molecule has 0 radical (unpaired) electrons. The molecule has 7 heteroatoms. The predicted molar refractivity (Wildman–Crippen MR) is 107 cm³/mol. The van der Waals surface area contributed by atoms with Crippen LogP contribution < -0.4 is 10.1 Å². The molecule has 0 fully saturated rings. The number of halogens is 1. The number of hydrogen-bond acceptors (Lipinski definition) is 5. The van der Waals surface area contributed by atoms with E-state index in [4.69, 9.17) is 4.74 Å². The van der Waals surface area contributed by atoms with Gasteiger partial charge in [-0.2, -0.15) is 0 Å². The third-order valence-electron chi connectivity index (χ3n) is 3.87. The van der Waals surface area contributed by atoms with Crippen molar-refractivity contribution in [3.05, 3.63) is 68.6 Å². The van der Waals surface area contributed by atoms with Crippen molar-refractivity contribution in [3.8, 4) is 5.75 Å². The normalized spacial score (nSPS) is 10.6. The van der Waals surface area contributed by atoms with Gasteiger partial charge in [-0.25, -0.2) is 0 Å². The number of amides is 1. The maximum atomic E-state index is 12.1. The number of carbonyl (C=O) groups excluding carboxylic acids is 1. The van der Waals surface area contributed by atoms with E-state index in [1.165, 1.54) is 11.3 Å². The maximum absolute atomic E-state index is 12.1. The van der Waals surface area contributed by atoms with Crippen molar-refractivity contribution in [1.82, 2.24) is 10.2 Å². The molecule has 1 aromatic heterocycles. The lowest BCUT2D eigenvalue weighted by Gasteiger charge is -2.10. The monoisotopic (exact) mass is 431 g/mol. The van der Waals surface area contributed by atoms with Crippen molar-refractivity contribution in [2.24, 2.45) is 0 Å². The van der Waals surface area contributed by atoms with Gasteiger partial charge in [-0.05, 0) is 48.7 Å². The van der Waals surface area contributed by atoms with Crippen LogP contribution in [0.25, 0.3) is 0 Å². The molecule has 0 atom stereocenters. The van der Waals surface area contributed by atoms with Gasteiger partial charge in [0.05, 0.1) is 0 Å². The van der Waals surface area contributed by atoms with Gasteiger partial charge in [0.1, 0.15) is 10.8 Å². The molecule has 0 aliphatic heterocycles. The Morgan fingerprint density at radius 3 is 2.81 bits per heavy atom. The van der Waals surface area contributed by atoms with Crippen LogP contribution in [0.4, 0.5) is 5.13 Å². The minimum Gasteiger partial charge on any atom is -0.483 e. The number of aromatic nitrogens is 2. The third-order valence-corrected chi connectivity index (χ3v) is 5.20. The zero-order chi connectivity index (χ0) is 18.5. The fourth-order valence-electron chi connectivity index (χ4n) is 2.38. The van der Waals surface area contributed by atoms with Gasteiger partial charge in [-0.15, -0.1) is 10.2 Å². The molecule has 0 saturated heterocycles. The van der Waals surface area contributed by atoms with Crippen LogP contribution in [-0.4, -0.2) is 22.7 Å². The summed E-state index contributed by atoms with van der Waals surface area (Å²) in [6.07, 6.45) is 0.673. The number of aryl methyl sites for hydroxylation is 1. The first-order chi connectivity index (χ1) is 12.5. The number of carbonyl (C=O) groups is 1. The summed E-state index contributed by atoms with van der Waals surface area (Å²) in [7, 11) is 0. The minimum absolute atomic E-state index is 0.0646. The first kappa shape index (κ1) is 18.5. The largest absolute Gasteiger partial charge is 0.483 e. The fraction of sp³-hybridized carbons (Fsp3) is 0.211. The Balaban J connectivity index is 1.55. The molecule has 0 aliphatic rings. The van der Waals surface area contributed by atoms with Crippen LogP contribution >= 0.6 is 27.3 Å². The maximum Gasteiger partial charge on any atom is 0.264 e. The number of benzene rings is 2. The second-order valence-corrected chi connectivity index (χ2v) is 7.82. The highest BCUT2D eigenvalue weighted by Gasteiger charge is 2.10. The summed E-state index contributed by atoms with van der Waals surface area (Å²) < 4.78 is 6.63. The third kappa shape index (κ3) is 4.89. The molecule has 1 heterocycles. The van der Waals surface area contributed by atoms with Crippen molar-refractivity contribution < 1.29 is 9.53 Å². The molecule has 0 aliphatic carbocycles. The van der Waals surface area contributed by atoms with Crippen LogP contribution in [0, 0.1) is 13.8 Å². The molecule has 0 spiro atoms. The summed E-state index contributed by atoms with van der Waals surface area (Å²) >= 11 is 4.82. The van der Waals surface area contributed by atoms with Gasteiger partial charge in [0.15, 0.2) is 6.61 Å². The van der Waals surface area contributed by atoms with E-state index in [1.807, 2.05) is 56.3 Å². The highest BCUT2D eigenvalue weighted by Crippen LogP contribution is 2.22. The van der Waals surface area contributed by atoms with Crippen LogP contribution in [0.2, 0.25) is 0 Å². The number of nitrogens with zero attached hydrogens (tertiary/aromatic N) is 2. The van der Waals surface area contributed by atoms with Crippen molar-refractivity contribution >= 4 is 38.3 Å². The number of ether oxygens (including phenoxy) is 1. The number of nitrogens with one attached hydrogen (secondary N) is 1. The van der Waals surface area contributed by atoms with Gasteiger partial charge in [0.2, 0.25) is 5.13 Å². The highest BCUT2D eigenvalue weighted by atomic mass is 79.9. The lowest BCUT2D eigenvalue weighted by molar-refractivity contribution is -0.118. The van der Waals surface area contributed by atoms with Crippen molar-refractivity contribution in [3.63, 3.8) is 0 Å². The number of hydrogen-bond donors (Lipinski definition) is 1. The van der Waals surface area contributed by atoms with E-state index < -0.39 is 0 Å². The quantitative estimate of drug-likeness (QED) is 0.622. The van der Waals surface area contributed by atoms with Gasteiger partial charge in [0.25, 0.3) is 5.91 Å². The fourth-order valence-corrected chi connectivity index (χ4v) is 3.61. The Morgan fingerprint density at radius 2 is 2.00 bits per heavy atom. The highest BCUT2D eigenvalue weighted by molar-refractivity contribution is 9.10. The number of rotatable bonds is 6. The molecule has 1 N–H and O–H groups in total. The van der Waals surface area contributed by atoms with Gasteiger partial charge in [-0.1, -0.05) is 51.5 Å². The van der Waals surface area contributed by atoms with Gasteiger partial charge < -0.3 is 4.74 Å². The van der Waals surface area contributed by atoms with E-state index in [9.17, 15) is 4.79 Å². The second-order valence-electron chi connectivity index (χ2n) is 5.84. The SMILES string of the molecule is Cc1cccc(OCC(=O)Nc2nnc(Cc3cccc(Br)c3)s2)c1C. The predicted octanol–water partition coefficient (Wildman–Crippen LogP) is 4.53. The van der Waals surface area contributed by atoms with Gasteiger partial charge in [-0.3, -0.25) is 10.1 Å². The van der Waals surface area contributed by atoms with Crippen molar-refractivity contribution in [2.45, 2.75) is 20.3 Å². The molecule has 0 bridgehead atoms. The van der Waals surface area contributed by atoms with E-state index in [2.05, 4.69) is 31.4 Å². The molecule has 3 aromatic rings. The Bertz CT molecular complexity index is 927. The number of anilines is 1. The first-order valence-corrected chi connectivity index (χ1v) is 9.68. The lowest BCUT2D eigenvalue weighted by Crippen LogP contribution is -2.20. The van der Waals surface area contributed by atoms with Gasteiger partial charge in [0, 0.05) is 10.9 Å². The zero-order valence-electron chi connectivity index (χ0n) is 14.5. The molecular weight excluding hydrogens is 414 g/mol. The second kappa shape index (κ2) is 8.42. The molecule has 3 rings (SSSR count). The molecule has 5 nitrogen and oxygen atoms in total. The molecule has 134 valence electrons. The Morgan fingerprint density at radius 1 is 1.19 bits per heavy atom. The topological polar surface area (TPSA) is 64.1 Å². The average molecular weight is 432 g/mol. The molecule has 2 aromatic carbocycles. The summed E-state index contributed by atoms with van der Waals surface area (Å²) in [4.78, 5) is 12.1. The summed E-state index contributed by atoms with van der Waals surface area (Å²) in [5.41, 5.74) is 3.29. The Hall–Kier alpha value is -2.25. The van der Waals surface area contributed by atoms with Crippen molar-refractivity contribution in [1.29, 1.82) is 0 Å². The smallest absolute Gasteiger partial charge is 0.264 e. The van der Waals surface area contributed by atoms with Crippen LogP contribution in [0.3, 0.4) is 0 Å². The molecular formula is C19H18BrN3O2S. The minimum atomic E-state index is -0.254. The van der Waals surface area contributed by atoms with E-state index in [1.54, 1.807) is 0 Å². The molecule has 1 amide bonds. The first-order valence-electron chi connectivity index (χ1n) is 8.07. The van der Waals surface area contributed by atoms with Crippen LogP contribution in [0.5, 0.6) is 5.75 Å².